The van der Waals surface area contributed by atoms with Crippen LogP contribution in [0.3, 0.4) is 0 Å². The second-order valence-corrected chi connectivity index (χ2v) is 6.18. The number of fused-ring (bicyclic) bond motifs is 2. The number of benzene rings is 2. The zero-order valence-corrected chi connectivity index (χ0v) is 13.5. The number of H-pyrrole nitrogens is 1. The largest absolute Gasteiger partial charge is 0.493 e. The summed E-state index contributed by atoms with van der Waals surface area (Å²) in [6.07, 6.45) is 0.912. The summed E-state index contributed by atoms with van der Waals surface area (Å²) >= 11 is 5.43. The van der Waals surface area contributed by atoms with Gasteiger partial charge in [-0.25, -0.2) is 0 Å². The zero-order chi connectivity index (χ0) is 16.0. The smallest absolute Gasteiger partial charge is 0.262 e. The van der Waals surface area contributed by atoms with Crippen LogP contribution >= 0.6 is 12.2 Å². The molecule has 1 aromatic heterocycles. The van der Waals surface area contributed by atoms with Gasteiger partial charge < -0.3 is 9.72 Å². The van der Waals surface area contributed by atoms with Crippen molar-refractivity contribution in [3.05, 3.63) is 68.7 Å². The molecule has 1 aliphatic heterocycles. The molecular formula is C18H16N2O2S. The average Bonchev–Trinajstić information content (AvgIpc) is 3.02. The predicted octanol–water partition coefficient (Wildman–Crippen LogP) is 3.60. The standard InChI is InChI=1S/C18H16N2O2S/c1-11(12-6-7-16-13(10-12)8-9-22-16)20-17(21)14-4-2-3-5-15(14)19-18(20)23/h2-7,10-11H,8-9H2,1H3,(H,19,23). The van der Waals surface area contributed by atoms with E-state index in [-0.39, 0.29) is 11.6 Å². The molecule has 2 aromatic carbocycles. The Morgan fingerprint density at radius 1 is 1.26 bits per heavy atom. The first-order valence-corrected chi connectivity index (χ1v) is 8.05. The van der Waals surface area contributed by atoms with E-state index >= 15 is 0 Å². The van der Waals surface area contributed by atoms with Gasteiger partial charge in [-0.05, 0) is 54.5 Å². The number of aromatic nitrogens is 2. The fraction of sp³-hybridized carbons (Fsp3) is 0.222. The second-order valence-electron chi connectivity index (χ2n) is 5.79. The number of nitrogens with one attached hydrogen (secondary N) is 1. The highest BCUT2D eigenvalue weighted by atomic mass is 32.1. The SMILES string of the molecule is CC(c1ccc2c(c1)CCO2)n1c(=S)[nH]c2ccccc2c1=O. The molecule has 0 amide bonds. The van der Waals surface area contributed by atoms with Crippen LogP contribution in [-0.4, -0.2) is 16.2 Å². The van der Waals surface area contributed by atoms with Crippen molar-refractivity contribution >= 4 is 23.1 Å². The molecule has 5 heteroatoms. The molecule has 0 radical (unpaired) electrons. The Kier molecular flexibility index (Phi) is 3.31. The highest BCUT2D eigenvalue weighted by Gasteiger charge is 2.17. The minimum absolute atomic E-state index is 0.0615. The maximum atomic E-state index is 12.8. The van der Waals surface area contributed by atoms with Crippen molar-refractivity contribution < 1.29 is 4.74 Å². The molecule has 0 fully saturated rings. The molecule has 0 bridgehead atoms. The van der Waals surface area contributed by atoms with Gasteiger partial charge in [-0.1, -0.05) is 18.2 Å². The first-order chi connectivity index (χ1) is 11.1. The number of rotatable bonds is 2. The highest BCUT2D eigenvalue weighted by molar-refractivity contribution is 7.71. The number of aromatic amines is 1. The summed E-state index contributed by atoms with van der Waals surface area (Å²) in [5.41, 5.74) is 2.96. The zero-order valence-electron chi connectivity index (χ0n) is 12.7. The summed E-state index contributed by atoms with van der Waals surface area (Å²) in [6, 6.07) is 13.4. The molecule has 1 aliphatic rings. The van der Waals surface area contributed by atoms with E-state index in [1.165, 1.54) is 5.56 Å². The molecule has 0 spiro atoms. The summed E-state index contributed by atoms with van der Waals surface area (Å²) in [6.45, 7) is 2.72. The minimum Gasteiger partial charge on any atom is -0.493 e. The van der Waals surface area contributed by atoms with Crippen molar-refractivity contribution in [1.29, 1.82) is 0 Å². The maximum Gasteiger partial charge on any atom is 0.262 e. The van der Waals surface area contributed by atoms with Crippen molar-refractivity contribution in [3.8, 4) is 5.75 Å². The predicted molar refractivity (Wildman–Crippen MR) is 92.8 cm³/mol. The van der Waals surface area contributed by atoms with E-state index in [1.807, 2.05) is 43.3 Å². The van der Waals surface area contributed by atoms with Crippen LogP contribution in [0.2, 0.25) is 0 Å². The first kappa shape index (κ1) is 14.2. The molecule has 1 atom stereocenters. The molecule has 0 saturated heterocycles. The van der Waals surface area contributed by atoms with Crippen LogP contribution in [0.1, 0.15) is 24.1 Å². The van der Waals surface area contributed by atoms with Crippen LogP contribution in [0.15, 0.2) is 47.3 Å². The molecule has 23 heavy (non-hydrogen) atoms. The Morgan fingerprint density at radius 2 is 2.09 bits per heavy atom. The van der Waals surface area contributed by atoms with Gasteiger partial charge in [-0.15, -0.1) is 0 Å². The van der Waals surface area contributed by atoms with Gasteiger partial charge in [0.2, 0.25) is 0 Å². The fourth-order valence-corrected chi connectivity index (χ4v) is 3.49. The lowest BCUT2D eigenvalue weighted by Gasteiger charge is -2.17. The normalized spacial score (nSPS) is 14.5. The van der Waals surface area contributed by atoms with Gasteiger partial charge in [0.25, 0.3) is 5.56 Å². The lowest BCUT2D eigenvalue weighted by Crippen LogP contribution is -2.25. The number of para-hydroxylation sites is 1. The van der Waals surface area contributed by atoms with Crippen LogP contribution in [0.4, 0.5) is 0 Å². The van der Waals surface area contributed by atoms with Gasteiger partial charge in [-0.3, -0.25) is 9.36 Å². The fourth-order valence-electron chi connectivity index (χ4n) is 3.14. The van der Waals surface area contributed by atoms with Crippen LogP contribution in [0.25, 0.3) is 10.9 Å². The van der Waals surface area contributed by atoms with Crippen LogP contribution in [0, 0.1) is 4.77 Å². The molecule has 4 rings (SSSR count). The molecule has 4 nitrogen and oxygen atoms in total. The molecule has 0 aliphatic carbocycles. The number of ether oxygens (including phenoxy) is 1. The van der Waals surface area contributed by atoms with E-state index in [0.29, 0.717) is 10.2 Å². The van der Waals surface area contributed by atoms with Gasteiger partial charge in [0, 0.05) is 6.42 Å². The van der Waals surface area contributed by atoms with E-state index < -0.39 is 0 Å². The lowest BCUT2D eigenvalue weighted by molar-refractivity contribution is 0.356. The van der Waals surface area contributed by atoms with Gasteiger partial charge in [0.05, 0.1) is 23.6 Å². The minimum atomic E-state index is -0.137. The topological polar surface area (TPSA) is 47.0 Å². The summed E-state index contributed by atoms with van der Waals surface area (Å²) in [5, 5.41) is 0.650. The second kappa shape index (κ2) is 5.35. The van der Waals surface area contributed by atoms with Crippen molar-refractivity contribution in [2.45, 2.75) is 19.4 Å². The number of hydrogen-bond acceptors (Lipinski definition) is 3. The third-order valence-corrected chi connectivity index (χ3v) is 4.72. The van der Waals surface area contributed by atoms with Gasteiger partial charge in [-0.2, -0.15) is 0 Å². The Morgan fingerprint density at radius 3 is 2.96 bits per heavy atom. The van der Waals surface area contributed by atoms with Crippen LogP contribution < -0.4 is 10.3 Å². The summed E-state index contributed by atoms with van der Waals surface area (Å²) < 4.78 is 7.64. The van der Waals surface area contributed by atoms with Crippen molar-refractivity contribution in [3.63, 3.8) is 0 Å². The lowest BCUT2D eigenvalue weighted by atomic mass is 10.0. The van der Waals surface area contributed by atoms with Crippen molar-refractivity contribution in [1.82, 2.24) is 9.55 Å². The third-order valence-electron chi connectivity index (χ3n) is 4.42. The average molecular weight is 324 g/mol. The molecule has 0 saturated carbocycles. The summed E-state index contributed by atoms with van der Waals surface area (Å²) in [7, 11) is 0. The van der Waals surface area contributed by atoms with E-state index in [4.69, 9.17) is 17.0 Å². The monoisotopic (exact) mass is 324 g/mol. The molecule has 116 valence electrons. The Bertz CT molecular complexity index is 1020. The van der Waals surface area contributed by atoms with Crippen molar-refractivity contribution in [2.24, 2.45) is 0 Å². The highest BCUT2D eigenvalue weighted by Crippen LogP contribution is 2.29. The van der Waals surface area contributed by atoms with E-state index in [0.717, 1.165) is 29.9 Å². The third kappa shape index (κ3) is 2.28. The van der Waals surface area contributed by atoms with Gasteiger partial charge in [0.15, 0.2) is 4.77 Å². The number of hydrogen-bond donors (Lipinski definition) is 1. The van der Waals surface area contributed by atoms with E-state index in [9.17, 15) is 4.79 Å². The molecular weight excluding hydrogens is 308 g/mol. The Labute approximate surface area is 138 Å². The number of nitrogens with zero attached hydrogens (tertiary/aromatic N) is 1. The molecule has 2 heterocycles. The quantitative estimate of drug-likeness (QED) is 0.733. The Hall–Kier alpha value is -2.40. The molecule has 1 unspecified atom stereocenters. The summed E-state index contributed by atoms with van der Waals surface area (Å²) in [5.74, 6) is 0.942. The van der Waals surface area contributed by atoms with Gasteiger partial charge >= 0.3 is 0 Å². The molecule has 3 aromatic rings. The first-order valence-electron chi connectivity index (χ1n) is 7.64. The van der Waals surface area contributed by atoms with E-state index in [1.54, 1.807) is 4.57 Å². The summed E-state index contributed by atoms with van der Waals surface area (Å²) in [4.78, 5) is 16.0. The Balaban J connectivity index is 1.88. The molecule has 1 N–H and O–H groups in total. The van der Waals surface area contributed by atoms with Crippen LogP contribution in [-0.2, 0) is 6.42 Å². The van der Waals surface area contributed by atoms with Gasteiger partial charge in [0.1, 0.15) is 5.75 Å². The van der Waals surface area contributed by atoms with E-state index in [2.05, 4.69) is 11.1 Å². The maximum absolute atomic E-state index is 12.8. The van der Waals surface area contributed by atoms with Crippen LogP contribution in [0.5, 0.6) is 5.75 Å². The van der Waals surface area contributed by atoms with Crippen molar-refractivity contribution in [2.75, 3.05) is 6.61 Å².